The molecule has 0 aliphatic carbocycles. The number of nitrogens with zero attached hydrogens (tertiary/aromatic N) is 3. The lowest BCUT2D eigenvalue weighted by atomic mass is 9.85. The van der Waals surface area contributed by atoms with Gasteiger partial charge in [-0.05, 0) is 45.9 Å². The third-order valence-electron chi connectivity index (χ3n) is 6.50. The van der Waals surface area contributed by atoms with Gasteiger partial charge in [0.05, 0.1) is 23.7 Å². The van der Waals surface area contributed by atoms with Crippen molar-refractivity contribution in [2.24, 2.45) is 10.7 Å². The number of nitrogens with one attached hydrogen (secondary N) is 1. The van der Waals surface area contributed by atoms with E-state index in [1.54, 1.807) is 39.0 Å². The van der Waals surface area contributed by atoms with E-state index in [-0.39, 0.29) is 36.5 Å². The molecule has 3 N–H and O–H groups in total. The monoisotopic (exact) mass is 497 g/mol. The number of fused-ring (bicyclic) bond motifs is 3. The molecular formula is C24H27N5O5S. The summed E-state index contributed by atoms with van der Waals surface area (Å²) in [6.45, 7) is 6.74. The van der Waals surface area contributed by atoms with Crippen molar-refractivity contribution in [2.75, 3.05) is 11.9 Å². The van der Waals surface area contributed by atoms with Gasteiger partial charge in [0.1, 0.15) is 27.6 Å². The van der Waals surface area contributed by atoms with Crippen LogP contribution in [-0.4, -0.2) is 52.8 Å². The topological polar surface area (TPSA) is 146 Å². The number of hydrogen-bond acceptors (Lipinski definition) is 9. The van der Waals surface area contributed by atoms with Crippen molar-refractivity contribution in [1.29, 1.82) is 0 Å². The number of anilines is 1. The molecule has 10 nitrogen and oxygen atoms in total. The number of aliphatic imine (C=N–C) groups is 1. The molecule has 0 bridgehead atoms. The molecule has 4 rings (SSSR count). The highest BCUT2D eigenvalue weighted by Gasteiger charge is 2.58. The van der Waals surface area contributed by atoms with Crippen LogP contribution in [0.15, 0.2) is 35.6 Å². The number of ether oxygens (including phenoxy) is 2. The number of carbonyl (C=O) groups excluding carboxylic acids is 1. The van der Waals surface area contributed by atoms with Gasteiger partial charge in [0.2, 0.25) is 5.88 Å². The Balaban J connectivity index is 1.71. The number of benzene rings is 1. The summed E-state index contributed by atoms with van der Waals surface area (Å²) in [6.07, 6.45) is 7.60. The van der Waals surface area contributed by atoms with Crippen molar-refractivity contribution >= 4 is 27.3 Å². The second-order valence-electron chi connectivity index (χ2n) is 9.25. The van der Waals surface area contributed by atoms with E-state index in [9.17, 15) is 13.2 Å². The van der Waals surface area contributed by atoms with Crippen LogP contribution in [0.25, 0.3) is 0 Å². The SMILES string of the molecule is C#CCOc1cnc(C(=O)Nc2ccc3c(c2)[C@@]2(C)N=C(N)C(C)(C)S(=O)(=O)[C@@H]2C[C@H](C)O3)cn1. The average Bonchev–Trinajstić information content (AvgIpc) is 2.91. The third kappa shape index (κ3) is 4.08. The minimum atomic E-state index is -3.72. The van der Waals surface area contributed by atoms with Gasteiger partial charge in [-0.1, -0.05) is 5.92 Å². The van der Waals surface area contributed by atoms with Crippen LogP contribution >= 0.6 is 0 Å². The fourth-order valence-corrected chi connectivity index (χ4v) is 6.70. The Morgan fingerprint density at radius 1 is 1.31 bits per heavy atom. The maximum atomic E-state index is 13.6. The second kappa shape index (κ2) is 8.53. The van der Waals surface area contributed by atoms with Gasteiger partial charge < -0.3 is 20.5 Å². The number of nitrogens with two attached hydrogens (primary N) is 1. The van der Waals surface area contributed by atoms with Gasteiger partial charge in [-0.15, -0.1) is 6.42 Å². The molecule has 35 heavy (non-hydrogen) atoms. The molecule has 0 fully saturated rings. The summed E-state index contributed by atoms with van der Waals surface area (Å²) in [7, 11) is -3.72. The Bertz CT molecular complexity index is 1350. The van der Waals surface area contributed by atoms with Gasteiger partial charge in [0, 0.05) is 17.7 Å². The predicted molar refractivity (Wildman–Crippen MR) is 131 cm³/mol. The van der Waals surface area contributed by atoms with E-state index < -0.39 is 31.3 Å². The summed E-state index contributed by atoms with van der Waals surface area (Å²) in [5.41, 5.74) is 5.98. The molecule has 3 atom stereocenters. The standard InChI is InChI=1S/C24H27N5O5S/c1-6-9-33-20-13-26-17(12-27-20)21(30)28-15-7-8-18-16(11-15)24(5)19(10-14(2)34-18)35(31,32)23(3,4)22(25)29-24/h1,7-8,11-14,19H,9-10H2,2-5H3,(H2,25,29)(H,28,30)/t14-,19+,24+/m0/s1. The lowest BCUT2D eigenvalue weighted by Crippen LogP contribution is -2.60. The van der Waals surface area contributed by atoms with E-state index in [0.717, 1.165) is 0 Å². The van der Waals surface area contributed by atoms with E-state index in [1.807, 2.05) is 6.92 Å². The summed E-state index contributed by atoms with van der Waals surface area (Å²) >= 11 is 0. The van der Waals surface area contributed by atoms with Crippen molar-refractivity contribution < 1.29 is 22.7 Å². The van der Waals surface area contributed by atoms with E-state index in [2.05, 4.69) is 21.2 Å². The zero-order chi connectivity index (χ0) is 25.6. The molecule has 0 saturated carbocycles. The van der Waals surface area contributed by atoms with Crippen LogP contribution in [-0.2, 0) is 15.4 Å². The van der Waals surface area contributed by atoms with Crippen molar-refractivity contribution in [3.8, 4) is 24.0 Å². The minimum absolute atomic E-state index is 0.0358. The molecule has 1 aromatic carbocycles. The highest BCUT2D eigenvalue weighted by Crippen LogP contribution is 2.49. The smallest absolute Gasteiger partial charge is 0.275 e. The Labute approximate surface area is 204 Å². The number of rotatable bonds is 4. The normalized spacial score (nSPS) is 26.0. The molecule has 0 saturated heterocycles. The minimum Gasteiger partial charge on any atom is -0.490 e. The third-order valence-corrected chi connectivity index (χ3v) is 9.54. The lowest BCUT2D eigenvalue weighted by Gasteiger charge is -2.43. The zero-order valence-electron chi connectivity index (χ0n) is 19.9. The van der Waals surface area contributed by atoms with E-state index >= 15 is 0 Å². The number of amidine groups is 1. The Hall–Kier alpha value is -3.65. The van der Waals surface area contributed by atoms with Crippen LogP contribution < -0.4 is 20.5 Å². The highest BCUT2D eigenvalue weighted by molar-refractivity contribution is 7.94. The fourth-order valence-electron chi connectivity index (χ4n) is 4.34. The van der Waals surface area contributed by atoms with Crippen molar-refractivity contribution in [1.82, 2.24) is 9.97 Å². The molecule has 1 aromatic heterocycles. The Kier molecular flexibility index (Phi) is 5.97. The van der Waals surface area contributed by atoms with E-state index in [1.165, 1.54) is 12.4 Å². The molecule has 1 amide bonds. The van der Waals surface area contributed by atoms with Crippen molar-refractivity contribution in [2.45, 2.75) is 55.8 Å². The van der Waals surface area contributed by atoms with Crippen LogP contribution in [0.4, 0.5) is 5.69 Å². The van der Waals surface area contributed by atoms with Gasteiger partial charge >= 0.3 is 0 Å². The summed E-state index contributed by atoms with van der Waals surface area (Å²) < 4.78 is 37.1. The summed E-state index contributed by atoms with van der Waals surface area (Å²) in [4.78, 5) is 25.5. The molecule has 0 spiro atoms. The first-order valence-electron chi connectivity index (χ1n) is 11.0. The molecule has 2 aromatic rings. The Morgan fingerprint density at radius 2 is 2.06 bits per heavy atom. The zero-order valence-corrected chi connectivity index (χ0v) is 20.7. The Morgan fingerprint density at radius 3 is 2.71 bits per heavy atom. The first kappa shape index (κ1) is 24.5. The van der Waals surface area contributed by atoms with Crippen molar-refractivity contribution in [3.05, 3.63) is 41.9 Å². The summed E-state index contributed by atoms with van der Waals surface area (Å²) in [6, 6.07) is 5.02. The molecule has 184 valence electrons. The molecule has 11 heteroatoms. The summed E-state index contributed by atoms with van der Waals surface area (Å²) in [5.74, 6) is 2.53. The predicted octanol–water partition coefficient (Wildman–Crippen LogP) is 2.06. The van der Waals surface area contributed by atoms with Crippen LogP contribution in [0, 0.1) is 12.3 Å². The van der Waals surface area contributed by atoms with Gasteiger partial charge in [-0.25, -0.2) is 18.4 Å². The van der Waals surface area contributed by atoms with Gasteiger partial charge in [0.15, 0.2) is 16.4 Å². The van der Waals surface area contributed by atoms with Gasteiger partial charge in [-0.3, -0.25) is 9.79 Å². The summed E-state index contributed by atoms with van der Waals surface area (Å²) in [5, 5.41) is 1.90. The number of amides is 1. The second-order valence-corrected chi connectivity index (χ2v) is 11.9. The molecule has 0 radical (unpaired) electrons. The lowest BCUT2D eigenvalue weighted by molar-refractivity contribution is 0.102. The highest BCUT2D eigenvalue weighted by atomic mass is 32.2. The number of aromatic nitrogens is 2. The first-order valence-corrected chi connectivity index (χ1v) is 12.5. The largest absolute Gasteiger partial charge is 0.490 e. The molecular weight excluding hydrogens is 470 g/mol. The molecule has 2 aliphatic rings. The molecule has 2 aliphatic heterocycles. The van der Waals surface area contributed by atoms with Crippen molar-refractivity contribution in [3.63, 3.8) is 0 Å². The number of hydrogen-bond donors (Lipinski definition) is 2. The van der Waals surface area contributed by atoms with Crippen LogP contribution in [0.5, 0.6) is 11.6 Å². The maximum Gasteiger partial charge on any atom is 0.275 e. The van der Waals surface area contributed by atoms with Crippen LogP contribution in [0.2, 0.25) is 0 Å². The maximum absolute atomic E-state index is 13.6. The van der Waals surface area contributed by atoms with Crippen LogP contribution in [0.1, 0.15) is 50.2 Å². The molecule has 3 heterocycles. The van der Waals surface area contributed by atoms with Crippen LogP contribution in [0.3, 0.4) is 0 Å². The average molecular weight is 498 g/mol. The number of sulfone groups is 1. The van der Waals surface area contributed by atoms with Gasteiger partial charge in [-0.2, -0.15) is 0 Å². The van der Waals surface area contributed by atoms with E-state index in [4.69, 9.17) is 26.6 Å². The number of carbonyl (C=O) groups is 1. The quantitative estimate of drug-likeness (QED) is 0.611. The van der Waals surface area contributed by atoms with E-state index in [0.29, 0.717) is 17.0 Å². The molecule has 0 unspecified atom stereocenters. The fraction of sp³-hybridized carbons (Fsp3) is 0.417. The van der Waals surface area contributed by atoms with Gasteiger partial charge in [0.25, 0.3) is 5.91 Å². The first-order chi connectivity index (χ1) is 16.4. The number of terminal acetylenes is 1.